The van der Waals surface area contributed by atoms with Crippen molar-refractivity contribution in [3.63, 3.8) is 0 Å². The largest absolute Gasteiger partial charge is 0.359 e. The molecule has 3 aromatic heterocycles. The van der Waals surface area contributed by atoms with E-state index in [-0.39, 0.29) is 5.15 Å². The standard InChI is InChI=1S/C20H17ClF4N6O2/c21-15-9-28-17(30-12-20(24,25)14-6-2-4-8-27-14)18(33)31(15)10-16(32)29-11-19(22,23)13-5-1-3-7-26-13/h1-9H,10-12H2,(H,28,30)(H,29,32). The predicted octanol–water partition coefficient (Wildman–Crippen LogP) is 2.80. The van der Waals surface area contributed by atoms with Crippen molar-refractivity contribution in [3.8, 4) is 0 Å². The molecule has 0 aliphatic rings. The average Bonchev–Trinajstić information content (AvgIpc) is 2.81. The number of hydrogen-bond acceptors (Lipinski definition) is 6. The summed E-state index contributed by atoms with van der Waals surface area (Å²) in [5, 5.41) is 3.94. The van der Waals surface area contributed by atoms with Gasteiger partial charge in [-0.15, -0.1) is 0 Å². The van der Waals surface area contributed by atoms with Crippen LogP contribution in [0.3, 0.4) is 0 Å². The predicted molar refractivity (Wildman–Crippen MR) is 111 cm³/mol. The minimum absolute atomic E-state index is 0.284. The molecule has 0 atom stereocenters. The molecule has 174 valence electrons. The summed E-state index contributed by atoms with van der Waals surface area (Å²) in [7, 11) is 0. The Morgan fingerprint density at radius 3 is 2.06 bits per heavy atom. The highest BCUT2D eigenvalue weighted by Gasteiger charge is 2.34. The summed E-state index contributed by atoms with van der Waals surface area (Å²) in [4.78, 5) is 35.5. The molecular formula is C20H17ClF4N6O2. The summed E-state index contributed by atoms with van der Waals surface area (Å²) >= 11 is 5.89. The fraction of sp³-hybridized carbons (Fsp3) is 0.250. The molecule has 0 fully saturated rings. The molecule has 3 rings (SSSR count). The molecule has 0 spiro atoms. The fourth-order valence-electron chi connectivity index (χ4n) is 2.68. The maximum absolute atomic E-state index is 14.3. The number of hydrogen-bond donors (Lipinski definition) is 2. The Hall–Kier alpha value is -3.54. The van der Waals surface area contributed by atoms with E-state index >= 15 is 0 Å². The first-order valence-electron chi connectivity index (χ1n) is 9.45. The Bertz CT molecular complexity index is 1160. The molecular weight excluding hydrogens is 468 g/mol. The second kappa shape index (κ2) is 9.94. The van der Waals surface area contributed by atoms with E-state index in [2.05, 4.69) is 20.3 Å². The van der Waals surface area contributed by atoms with Crippen molar-refractivity contribution >= 4 is 23.3 Å². The first-order chi connectivity index (χ1) is 15.6. The Morgan fingerprint density at radius 1 is 0.939 bits per heavy atom. The van der Waals surface area contributed by atoms with E-state index in [1.807, 2.05) is 5.32 Å². The van der Waals surface area contributed by atoms with Crippen LogP contribution < -0.4 is 16.2 Å². The van der Waals surface area contributed by atoms with Crippen LogP contribution in [0.4, 0.5) is 23.4 Å². The van der Waals surface area contributed by atoms with Crippen LogP contribution in [0.15, 0.2) is 59.8 Å². The number of anilines is 1. The third-order valence-electron chi connectivity index (χ3n) is 4.37. The topological polar surface area (TPSA) is 102 Å². The van der Waals surface area contributed by atoms with Crippen LogP contribution in [0.1, 0.15) is 11.4 Å². The molecule has 3 aromatic rings. The summed E-state index contributed by atoms with van der Waals surface area (Å²) in [6.07, 6.45) is 3.36. The van der Waals surface area contributed by atoms with Crippen LogP contribution in [0.2, 0.25) is 5.15 Å². The highest BCUT2D eigenvalue weighted by molar-refractivity contribution is 6.29. The van der Waals surface area contributed by atoms with Crippen LogP contribution in [-0.4, -0.2) is 38.5 Å². The van der Waals surface area contributed by atoms with Gasteiger partial charge in [0.15, 0.2) is 5.82 Å². The van der Waals surface area contributed by atoms with E-state index in [9.17, 15) is 27.2 Å². The van der Waals surface area contributed by atoms with Crippen LogP contribution in [0, 0.1) is 0 Å². The average molecular weight is 485 g/mol. The fourth-order valence-corrected chi connectivity index (χ4v) is 2.86. The minimum Gasteiger partial charge on any atom is -0.359 e. The number of rotatable bonds is 9. The number of halogens is 5. The highest BCUT2D eigenvalue weighted by Crippen LogP contribution is 2.26. The van der Waals surface area contributed by atoms with Gasteiger partial charge in [0.05, 0.1) is 19.3 Å². The molecule has 0 radical (unpaired) electrons. The third kappa shape index (κ3) is 6.04. The smallest absolute Gasteiger partial charge is 0.306 e. The minimum atomic E-state index is -3.45. The number of amides is 1. The van der Waals surface area contributed by atoms with Gasteiger partial charge in [0.25, 0.3) is 5.56 Å². The van der Waals surface area contributed by atoms with Crippen LogP contribution >= 0.6 is 11.6 Å². The van der Waals surface area contributed by atoms with Gasteiger partial charge >= 0.3 is 11.8 Å². The lowest BCUT2D eigenvalue weighted by Gasteiger charge is -2.18. The molecule has 8 nitrogen and oxygen atoms in total. The molecule has 2 N–H and O–H groups in total. The quantitative estimate of drug-likeness (QED) is 0.453. The van der Waals surface area contributed by atoms with Gasteiger partial charge in [0, 0.05) is 12.4 Å². The van der Waals surface area contributed by atoms with Crippen molar-refractivity contribution < 1.29 is 22.4 Å². The second-order valence-electron chi connectivity index (χ2n) is 6.79. The second-order valence-corrected chi connectivity index (χ2v) is 7.18. The molecule has 0 bridgehead atoms. The zero-order valence-electron chi connectivity index (χ0n) is 16.8. The van der Waals surface area contributed by atoms with Gasteiger partial charge in [-0.1, -0.05) is 23.7 Å². The summed E-state index contributed by atoms with van der Waals surface area (Å²) in [6, 6.07) is 7.94. The molecule has 33 heavy (non-hydrogen) atoms. The molecule has 0 aromatic carbocycles. The molecule has 3 heterocycles. The third-order valence-corrected chi connectivity index (χ3v) is 4.67. The SMILES string of the molecule is O=C(Cn1c(Cl)cnc(NCC(F)(F)c2ccccn2)c1=O)NCC(F)(F)c1ccccn1. The number of nitrogens with one attached hydrogen (secondary N) is 2. The van der Waals surface area contributed by atoms with Crippen molar-refractivity contribution in [2.24, 2.45) is 0 Å². The number of carbonyl (C=O) groups excluding carboxylic acids is 1. The van der Waals surface area contributed by atoms with E-state index in [0.717, 1.165) is 18.3 Å². The van der Waals surface area contributed by atoms with Crippen molar-refractivity contribution in [2.75, 3.05) is 18.4 Å². The van der Waals surface area contributed by atoms with Crippen LogP contribution in [0.25, 0.3) is 0 Å². The van der Waals surface area contributed by atoms with E-state index in [0.29, 0.717) is 4.57 Å². The van der Waals surface area contributed by atoms with Crippen molar-refractivity contribution in [2.45, 2.75) is 18.4 Å². The van der Waals surface area contributed by atoms with Gasteiger partial charge < -0.3 is 10.6 Å². The van der Waals surface area contributed by atoms with Crippen molar-refractivity contribution in [3.05, 3.63) is 81.9 Å². The van der Waals surface area contributed by atoms with Gasteiger partial charge in [-0.25, -0.2) is 4.98 Å². The molecule has 0 unspecified atom stereocenters. The van der Waals surface area contributed by atoms with E-state index in [4.69, 9.17) is 11.6 Å². The highest BCUT2D eigenvalue weighted by atomic mass is 35.5. The van der Waals surface area contributed by atoms with Gasteiger partial charge in [-0.05, 0) is 24.3 Å². The van der Waals surface area contributed by atoms with Crippen LogP contribution in [-0.2, 0) is 23.2 Å². The molecule has 0 aliphatic carbocycles. The van der Waals surface area contributed by atoms with Crippen molar-refractivity contribution in [1.82, 2.24) is 24.8 Å². The number of pyridine rings is 2. The van der Waals surface area contributed by atoms with E-state index < -0.39 is 60.2 Å². The first-order valence-corrected chi connectivity index (χ1v) is 9.82. The van der Waals surface area contributed by atoms with Gasteiger partial charge in [-0.2, -0.15) is 17.6 Å². The molecule has 0 aliphatic heterocycles. The van der Waals surface area contributed by atoms with E-state index in [1.54, 1.807) is 0 Å². The van der Waals surface area contributed by atoms with E-state index in [1.165, 1.54) is 36.7 Å². The molecule has 0 saturated carbocycles. The first kappa shape index (κ1) is 24.1. The Morgan fingerprint density at radius 2 is 1.52 bits per heavy atom. The maximum Gasteiger partial charge on any atom is 0.306 e. The number of nitrogens with zero attached hydrogens (tertiary/aromatic N) is 4. The van der Waals surface area contributed by atoms with Gasteiger partial charge in [-0.3, -0.25) is 24.1 Å². The Kier molecular flexibility index (Phi) is 7.26. The lowest BCUT2D eigenvalue weighted by Crippen LogP contribution is -2.39. The number of aromatic nitrogens is 4. The summed E-state index contributed by atoms with van der Waals surface area (Å²) < 4.78 is 57.6. The van der Waals surface area contributed by atoms with Gasteiger partial charge in [0.2, 0.25) is 5.91 Å². The number of carbonyl (C=O) groups is 1. The van der Waals surface area contributed by atoms with Crippen LogP contribution in [0.5, 0.6) is 0 Å². The lowest BCUT2D eigenvalue weighted by atomic mass is 10.2. The summed E-state index contributed by atoms with van der Waals surface area (Å²) in [6.45, 7) is -2.80. The summed E-state index contributed by atoms with van der Waals surface area (Å²) in [5.41, 5.74) is -2.03. The zero-order valence-corrected chi connectivity index (χ0v) is 17.6. The lowest BCUT2D eigenvalue weighted by molar-refractivity contribution is -0.123. The van der Waals surface area contributed by atoms with Crippen molar-refractivity contribution in [1.29, 1.82) is 0 Å². The monoisotopic (exact) mass is 484 g/mol. The molecule has 1 amide bonds. The molecule has 13 heteroatoms. The maximum atomic E-state index is 14.3. The summed E-state index contributed by atoms with van der Waals surface area (Å²) in [5.74, 6) is -8.32. The van der Waals surface area contributed by atoms with Gasteiger partial charge in [0.1, 0.15) is 23.1 Å². The molecule has 0 saturated heterocycles. The Labute approximate surface area is 189 Å². The number of alkyl halides is 4. The Balaban J connectivity index is 1.67. The zero-order chi connectivity index (χ0) is 24.1. The normalized spacial score (nSPS) is 11.8.